The molecule has 1 rings (SSSR count). The standard InChI is InChI=1S/C15H27N3O/c1-5-14(16)15-7-6-13(10-17-15)18(8-9-19-4)11-12(2)3/h6-7,10,12,14H,5,8-9,11,16H2,1-4H3/t14-/m0/s1. The maximum atomic E-state index is 5.99. The molecule has 4 nitrogen and oxygen atoms in total. The maximum Gasteiger partial charge on any atom is 0.0637 e. The lowest BCUT2D eigenvalue weighted by Gasteiger charge is -2.26. The summed E-state index contributed by atoms with van der Waals surface area (Å²) in [5, 5.41) is 0. The summed E-state index contributed by atoms with van der Waals surface area (Å²) in [5.74, 6) is 0.606. The number of nitrogens with zero attached hydrogens (tertiary/aromatic N) is 2. The number of ether oxygens (including phenoxy) is 1. The van der Waals surface area contributed by atoms with Crippen LogP contribution >= 0.6 is 0 Å². The average Bonchev–Trinajstić information content (AvgIpc) is 2.42. The Bertz CT molecular complexity index is 351. The molecular formula is C15H27N3O. The normalized spacial score (nSPS) is 12.7. The summed E-state index contributed by atoms with van der Waals surface area (Å²) in [6, 6.07) is 4.17. The van der Waals surface area contributed by atoms with Gasteiger partial charge in [-0.2, -0.15) is 0 Å². The van der Waals surface area contributed by atoms with Crippen molar-refractivity contribution in [3.8, 4) is 0 Å². The Kier molecular flexibility index (Phi) is 6.81. The SMILES string of the molecule is CC[C@H](N)c1ccc(N(CCOC)CC(C)C)cn1. The fourth-order valence-electron chi connectivity index (χ4n) is 1.98. The largest absolute Gasteiger partial charge is 0.383 e. The molecule has 1 aromatic heterocycles. The molecule has 0 bridgehead atoms. The van der Waals surface area contributed by atoms with Gasteiger partial charge in [0.2, 0.25) is 0 Å². The second-order valence-electron chi connectivity index (χ2n) is 5.29. The molecule has 0 fully saturated rings. The Morgan fingerprint density at radius 1 is 1.37 bits per heavy atom. The van der Waals surface area contributed by atoms with Gasteiger partial charge in [0, 0.05) is 26.2 Å². The molecule has 0 amide bonds. The van der Waals surface area contributed by atoms with E-state index in [4.69, 9.17) is 10.5 Å². The molecule has 0 aromatic carbocycles. The molecule has 1 atom stereocenters. The van der Waals surface area contributed by atoms with Crippen molar-refractivity contribution < 1.29 is 4.74 Å². The van der Waals surface area contributed by atoms with Gasteiger partial charge in [-0.05, 0) is 24.5 Å². The third-order valence-electron chi connectivity index (χ3n) is 3.11. The number of hydrogen-bond donors (Lipinski definition) is 1. The fourth-order valence-corrected chi connectivity index (χ4v) is 1.98. The predicted octanol–water partition coefficient (Wildman–Crippen LogP) is 2.60. The summed E-state index contributed by atoms with van der Waals surface area (Å²) in [6.07, 6.45) is 2.83. The Hall–Kier alpha value is -1.13. The first kappa shape index (κ1) is 15.9. The number of methoxy groups -OCH3 is 1. The Morgan fingerprint density at radius 3 is 2.58 bits per heavy atom. The highest BCUT2D eigenvalue weighted by Gasteiger charge is 2.10. The average molecular weight is 265 g/mol. The number of rotatable bonds is 8. The molecular weight excluding hydrogens is 238 g/mol. The first-order chi connectivity index (χ1) is 9.08. The summed E-state index contributed by atoms with van der Waals surface area (Å²) < 4.78 is 5.17. The molecule has 0 saturated heterocycles. The summed E-state index contributed by atoms with van der Waals surface area (Å²) in [6.45, 7) is 9.12. The molecule has 0 aliphatic heterocycles. The number of anilines is 1. The lowest BCUT2D eigenvalue weighted by atomic mass is 10.1. The van der Waals surface area contributed by atoms with Gasteiger partial charge in [0.15, 0.2) is 0 Å². The van der Waals surface area contributed by atoms with Gasteiger partial charge < -0.3 is 15.4 Å². The van der Waals surface area contributed by atoms with Gasteiger partial charge in [-0.3, -0.25) is 4.98 Å². The van der Waals surface area contributed by atoms with E-state index in [1.165, 1.54) is 0 Å². The minimum absolute atomic E-state index is 0.0339. The van der Waals surface area contributed by atoms with Crippen LogP contribution in [0.1, 0.15) is 38.9 Å². The lowest BCUT2D eigenvalue weighted by Crippen LogP contribution is -2.31. The molecule has 0 unspecified atom stereocenters. The van der Waals surface area contributed by atoms with Gasteiger partial charge in [-0.25, -0.2) is 0 Å². The van der Waals surface area contributed by atoms with E-state index in [1.807, 2.05) is 12.3 Å². The van der Waals surface area contributed by atoms with Crippen molar-refractivity contribution in [1.29, 1.82) is 0 Å². The molecule has 4 heteroatoms. The Balaban J connectivity index is 2.77. The lowest BCUT2D eigenvalue weighted by molar-refractivity contribution is 0.204. The van der Waals surface area contributed by atoms with Gasteiger partial charge in [-0.15, -0.1) is 0 Å². The summed E-state index contributed by atoms with van der Waals surface area (Å²) in [7, 11) is 1.73. The van der Waals surface area contributed by atoms with E-state index in [2.05, 4.69) is 36.7 Å². The van der Waals surface area contributed by atoms with Gasteiger partial charge >= 0.3 is 0 Å². The molecule has 19 heavy (non-hydrogen) atoms. The van der Waals surface area contributed by atoms with Crippen LogP contribution in [0.15, 0.2) is 18.3 Å². The smallest absolute Gasteiger partial charge is 0.0637 e. The van der Waals surface area contributed by atoms with Crippen molar-refractivity contribution in [2.75, 3.05) is 31.7 Å². The highest BCUT2D eigenvalue weighted by atomic mass is 16.5. The fraction of sp³-hybridized carbons (Fsp3) is 0.667. The third-order valence-corrected chi connectivity index (χ3v) is 3.11. The van der Waals surface area contributed by atoms with E-state index < -0.39 is 0 Å². The molecule has 1 heterocycles. The van der Waals surface area contributed by atoms with Crippen molar-refractivity contribution in [3.63, 3.8) is 0 Å². The van der Waals surface area contributed by atoms with Crippen molar-refractivity contribution in [1.82, 2.24) is 4.98 Å². The molecule has 0 saturated carbocycles. The number of pyridine rings is 1. The summed E-state index contributed by atoms with van der Waals surface area (Å²) in [5.41, 5.74) is 8.08. The number of hydrogen-bond acceptors (Lipinski definition) is 4. The van der Waals surface area contributed by atoms with Crippen LogP contribution in [0.3, 0.4) is 0 Å². The van der Waals surface area contributed by atoms with E-state index in [0.717, 1.165) is 37.5 Å². The Morgan fingerprint density at radius 2 is 2.11 bits per heavy atom. The van der Waals surface area contributed by atoms with E-state index in [-0.39, 0.29) is 6.04 Å². The first-order valence-corrected chi connectivity index (χ1v) is 7.03. The van der Waals surface area contributed by atoms with Gasteiger partial charge in [0.05, 0.1) is 24.2 Å². The zero-order chi connectivity index (χ0) is 14.3. The number of aromatic nitrogens is 1. The molecule has 2 N–H and O–H groups in total. The van der Waals surface area contributed by atoms with Crippen molar-refractivity contribution in [2.24, 2.45) is 11.7 Å². The molecule has 0 aliphatic carbocycles. The summed E-state index contributed by atoms with van der Waals surface area (Å²) in [4.78, 5) is 6.79. The van der Waals surface area contributed by atoms with Crippen molar-refractivity contribution >= 4 is 5.69 Å². The minimum atomic E-state index is 0.0339. The van der Waals surface area contributed by atoms with E-state index >= 15 is 0 Å². The second-order valence-corrected chi connectivity index (χ2v) is 5.29. The van der Waals surface area contributed by atoms with Crippen LogP contribution in [0, 0.1) is 5.92 Å². The predicted molar refractivity (Wildman–Crippen MR) is 80.4 cm³/mol. The summed E-state index contributed by atoms with van der Waals surface area (Å²) >= 11 is 0. The molecule has 108 valence electrons. The number of nitrogens with two attached hydrogens (primary N) is 1. The van der Waals surface area contributed by atoms with Gasteiger partial charge in [0.25, 0.3) is 0 Å². The highest BCUT2D eigenvalue weighted by molar-refractivity contribution is 5.44. The van der Waals surface area contributed by atoms with Crippen LogP contribution in [-0.4, -0.2) is 31.8 Å². The second kappa shape index (κ2) is 8.12. The zero-order valence-electron chi connectivity index (χ0n) is 12.6. The Labute approximate surface area is 117 Å². The maximum absolute atomic E-state index is 5.99. The molecule has 0 aliphatic rings. The first-order valence-electron chi connectivity index (χ1n) is 7.03. The monoisotopic (exact) mass is 265 g/mol. The molecule has 0 radical (unpaired) electrons. The van der Waals surface area contributed by atoms with Crippen LogP contribution in [0.2, 0.25) is 0 Å². The van der Waals surface area contributed by atoms with E-state index in [1.54, 1.807) is 7.11 Å². The van der Waals surface area contributed by atoms with Crippen LogP contribution in [0.4, 0.5) is 5.69 Å². The van der Waals surface area contributed by atoms with Gasteiger partial charge in [-0.1, -0.05) is 20.8 Å². The topological polar surface area (TPSA) is 51.4 Å². The van der Waals surface area contributed by atoms with Crippen molar-refractivity contribution in [3.05, 3.63) is 24.0 Å². The van der Waals surface area contributed by atoms with Crippen LogP contribution in [0.25, 0.3) is 0 Å². The minimum Gasteiger partial charge on any atom is -0.383 e. The van der Waals surface area contributed by atoms with Crippen LogP contribution in [0.5, 0.6) is 0 Å². The molecule has 0 spiro atoms. The quantitative estimate of drug-likeness (QED) is 0.785. The van der Waals surface area contributed by atoms with Crippen LogP contribution in [-0.2, 0) is 4.74 Å². The van der Waals surface area contributed by atoms with Crippen LogP contribution < -0.4 is 10.6 Å². The third kappa shape index (κ3) is 5.17. The zero-order valence-corrected chi connectivity index (χ0v) is 12.6. The highest BCUT2D eigenvalue weighted by Crippen LogP contribution is 2.18. The van der Waals surface area contributed by atoms with Gasteiger partial charge in [0.1, 0.15) is 0 Å². The van der Waals surface area contributed by atoms with Crippen molar-refractivity contribution in [2.45, 2.75) is 33.2 Å². The van der Waals surface area contributed by atoms with E-state index in [9.17, 15) is 0 Å². The molecule has 1 aromatic rings. The van der Waals surface area contributed by atoms with E-state index in [0.29, 0.717) is 5.92 Å².